The van der Waals surface area contributed by atoms with Crippen molar-refractivity contribution in [2.45, 2.75) is 12.8 Å². The minimum Gasteiger partial charge on any atom is -0.294 e. The van der Waals surface area contributed by atoms with E-state index in [1.165, 1.54) is 12.1 Å². The number of para-hydroxylation sites is 1. The Labute approximate surface area is 129 Å². The van der Waals surface area contributed by atoms with Crippen molar-refractivity contribution >= 4 is 38.6 Å². The SMILES string of the molecule is Cc1cccc2c1nc(CCl)n2-c1cc(F)ccc1Br. The molecule has 0 unspecified atom stereocenters. The maximum atomic E-state index is 13.6. The Morgan fingerprint density at radius 1 is 1.30 bits per heavy atom. The highest BCUT2D eigenvalue weighted by Gasteiger charge is 2.15. The summed E-state index contributed by atoms with van der Waals surface area (Å²) in [4.78, 5) is 4.57. The molecule has 1 aromatic heterocycles. The highest BCUT2D eigenvalue weighted by molar-refractivity contribution is 9.10. The van der Waals surface area contributed by atoms with Crippen molar-refractivity contribution in [3.63, 3.8) is 0 Å². The van der Waals surface area contributed by atoms with Crippen LogP contribution in [0.4, 0.5) is 4.39 Å². The molecule has 102 valence electrons. The summed E-state index contributed by atoms with van der Waals surface area (Å²) in [6.07, 6.45) is 0. The van der Waals surface area contributed by atoms with Gasteiger partial charge in [-0.25, -0.2) is 9.37 Å². The van der Waals surface area contributed by atoms with E-state index in [1.54, 1.807) is 6.07 Å². The average Bonchev–Trinajstić information content (AvgIpc) is 2.81. The summed E-state index contributed by atoms with van der Waals surface area (Å²) in [5.74, 6) is 0.664. The number of aryl methyl sites for hydroxylation is 1. The monoisotopic (exact) mass is 352 g/mol. The van der Waals surface area contributed by atoms with Gasteiger partial charge in [0.1, 0.15) is 11.6 Å². The Morgan fingerprint density at radius 2 is 2.10 bits per heavy atom. The molecule has 1 heterocycles. The fraction of sp³-hybridized carbons (Fsp3) is 0.133. The molecule has 0 atom stereocenters. The van der Waals surface area contributed by atoms with E-state index in [0.29, 0.717) is 11.5 Å². The first-order valence-corrected chi connectivity index (χ1v) is 7.43. The van der Waals surface area contributed by atoms with Gasteiger partial charge in [0, 0.05) is 4.47 Å². The van der Waals surface area contributed by atoms with Gasteiger partial charge >= 0.3 is 0 Å². The molecule has 0 spiro atoms. The number of imidazole rings is 1. The minimum atomic E-state index is -0.293. The van der Waals surface area contributed by atoms with Crippen LogP contribution in [0, 0.1) is 12.7 Å². The van der Waals surface area contributed by atoms with Crippen LogP contribution in [-0.2, 0) is 5.88 Å². The Bertz CT molecular complexity index is 798. The van der Waals surface area contributed by atoms with Crippen LogP contribution in [0.1, 0.15) is 11.4 Å². The van der Waals surface area contributed by atoms with Gasteiger partial charge in [-0.1, -0.05) is 12.1 Å². The molecule has 0 fully saturated rings. The molecule has 0 aliphatic carbocycles. The van der Waals surface area contributed by atoms with Crippen LogP contribution in [0.2, 0.25) is 0 Å². The number of alkyl halides is 1. The van der Waals surface area contributed by atoms with E-state index < -0.39 is 0 Å². The van der Waals surface area contributed by atoms with E-state index in [9.17, 15) is 4.39 Å². The molecule has 0 aliphatic heterocycles. The van der Waals surface area contributed by atoms with Crippen molar-refractivity contribution in [2.75, 3.05) is 0 Å². The Hall–Kier alpha value is -1.39. The zero-order valence-corrected chi connectivity index (χ0v) is 13.0. The zero-order chi connectivity index (χ0) is 14.3. The molecule has 0 aliphatic rings. The molecule has 0 amide bonds. The van der Waals surface area contributed by atoms with Crippen LogP contribution in [-0.4, -0.2) is 9.55 Å². The first kappa shape index (κ1) is 13.6. The molecule has 2 aromatic carbocycles. The molecular formula is C15H11BrClFN2. The van der Waals surface area contributed by atoms with Gasteiger partial charge in [0.05, 0.1) is 22.6 Å². The van der Waals surface area contributed by atoms with E-state index in [2.05, 4.69) is 20.9 Å². The van der Waals surface area contributed by atoms with Gasteiger partial charge in [0.25, 0.3) is 0 Å². The molecule has 2 nitrogen and oxygen atoms in total. The third kappa shape index (κ3) is 2.13. The van der Waals surface area contributed by atoms with Crippen molar-refractivity contribution in [1.82, 2.24) is 9.55 Å². The molecule has 0 saturated heterocycles. The standard InChI is InChI=1S/C15H11BrClFN2/c1-9-3-2-4-12-15(9)19-14(8-17)20(12)13-7-10(18)5-6-11(13)16/h2-7H,8H2,1H3. The third-order valence-electron chi connectivity index (χ3n) is 3.22. The Morgan fingerprint density at radius 3 is 2.85 bits per heavy atom. The molecule has 0 radical (unpaired) electrons. The topological polar surface area (TPSA) is 17.8 Å². The lowest BCUT2D eigenvalue weighted by Gasteiger charge is -2.10. The van der Waals surface area contributed by atoms with Gasteiger partial charge in [0.15, 0.2) is 0 Å². The van der Waals surface area contributed by atoms with Crippen molar-refractivity contribution in [2.24, 2.45) is 0 Å². The van der Waals surface area contributed by atoms with E-state index in [4.69, 9.17) is 11.6 Å². The number of halogens is 3. The van der Waals surface area contributed by atoms with E-state index in [1.807, 2.05) is 29.7 Å². The molecule has 5 heteroatoms. The lowest BCUT2D eigenvalue weighted by atomic mass is 10.2. The van der Waals surface area contributed by atoms with Crippen LogP contribution < -0.4 is 0 Å². The lowest BCUT2D eigenvalue weighted by Crippen LogP contribution is -2.01. The van der Waals surface area contributed by atoms with Gasteiger partial charge in [-0.05, 0) is 52.7 Å². The minimum absolute atomic E-state index is 0.261. The summed E-state index contributed by atoms with van der Waals surface area (Å²) in [5, 5.41) is 0. The van der Waals surface area contributed by atoms with Crippen LogP contribution in [0.3, 0.4) is 0 Å². The van der Waals surface area contributed by atoms with Gasteiger partial charge in [-0.15, -0.1) is 11.6 Å². The normalized spacial score (nSPS) is 11.2. The highest BCUT2D eigenvalue weighted by atomic mass is 79.9. The molecule has 0 saturated carbocycles. The van der Waals surface area contributed by atoms with Crippen LogP contribution >= 0.6 is 27.5 Å². The van der Waals surface area contributed by atoms with Crippen molar-refractivity contribution in [3.05, 3.63) is 58.1 Å². The largest absolute Gasteiger partial charge is 0.294 e. The molecular weight excluding hydrogens is 343 g/mol. The Kier molecular flexibility index (Phi) is 3.52. The van der Waals surface area contributed by atoms with Crippen LogP contribution in [0.15, 0.2) is 40.9 Å². The summed E-state index contributed by atoms with van der Waals surface area (Å²) in [6.45, 7) is 2.00. The lowest BCUT2D eigenvalue weighted by molar-refractivity contribution is 0.626. The van der Waals surface area contributed by atoms with Crippen molar-refractivity contribution in [3.8, 4) is 5.69 Å². The van der Waals surface area contributed by atoms with Gasteiger partial charge < -0.3 is 0 Å². The first-order valence-electron chi connectivity index (χ1n) is 6.10. The number of rotatable bonds is 2. The molecule has 3 rings (SSSR count). The van der Waals surface area contributed by atoms with Gasteiger partial charge in [0.2, 0.25) is 0 Å². The number of hydrogen-bond donors (Lipinski definition) is 0. The number of benzene rings is 2. The number of aromatic nitrogens is 2. The first-order chi connectivity index (χ1) is 9.61. The van der Waals surface area contributed by atoms with Crippen molar-refractivity contribution in [1.29, 1.82) is 0 Å². The summed E-state index contributed by atoms with van der Waals surface area (Å²) in [5.41, 5.74) is 3.58. The summed E-state index contributed by atoms with van der Waals surface area (Å²) < 4.78 is 16.3. The smallest absolute Gasteiger partial charge is 0.129 e. The van der Waals surface area contributed by atoms with Gasteiger partial charge in [-0.3, -0.25) is 4.57 Å². The fourth-order valence-corrected chi connectivity index (χ4v) is 2.91. The van der Waals surface area contributed by atoms with Crippen LogP contribution in [0.5, 0.6) is 0 Å². The predicted octanol–water partition coefficient (Wildman–Crippen LogP) is 4.97. The maximum absolute atomic E-state index is 13.6. The van der Waals surface area contributed by atoms with E-state index in [0.717, 1.165) is 21.1 Å². The number of hydrogen-bond acceptors (Lipinski definition) is 1. The second kappa shape index (κ2) is 5.19. The summed E-state index contributed by atoms with van der Waals surface area (Å²) in [6, 6.07) is 10.5. The summed E-state index contributed by atoms with van der Waals surface area (Å²) in [7, 11) is 0. The Balaban J connectivity index is 2.40. The highest BCUT2D eigenvalue weighted by Crippen LogP contribution is 2.29. The second-order valence-corrected chi connectivity index (χ2v) is 5.66. The van der Waals surface area contributed by atoms with E-state index >= 15 is 0 Å². The predicted molar refractivity (Wildman–Crippen MR) is 83.0 cm³/mol. The van der Waals surface area contributed by atoms with Crippen LogP contribution in [0.25, 0.3) is 16.7 Å². The third-order valence-corrected chi connectivity index (χ3v) is 4.13. The van der Waals surface area contributed by atoms with E-state index in [-0.39, 0.29) is 11.7 Å². The average molecular weight is 354 g/mol. The summed E-state index contributed by atoms with van der Waals surface area (Å²) >= 11 is 9.47. The molecule has 3 aromatic rings. The number of nitrogens with zero attached hydrogens (tertiary/aromatic N) is 2. The maximum Gasteiger partial charge on any atom is 0.129 e. The fourth-order valence-electron chi connectivity index (χ4n) is 2.30. The molecule has 0 N–H and O–H groups in total. The molecule has 0 bridgehead atoms. The quantitative estimate of drug-likeness (QED) is 0.594. The van der Waals surface area contributed by atoms with Crippen molar-refractivity contribution < 1.29 is 4.39 Å². The number of fused-ring (bicyclic) bond motifs is 1. The molecule has 20 heavy (non-hydrogen) atoms. The van der Waals surface area contributed by atoms with Gasteiger partial charge in [-0.2, -0.15) is 0 Å². The zero-order valence-electron chi connectivity index (χ0n) is 10.7. The second-order valence-electron chi connectivity index (χ2n) is 4.54.